The maximum absolute atomic E-state index is 10.6. The summed E-state index contributed by atoms with van der Waals surface area (Å²) in [4.78, 5) is 10.6. The van der Waals surface area contributed by atoms with Gasteiger partial charge in [0.15, 0.2) is 6.10 Å². The van der Waals surface area contributed by atoms with Crippen LogP contribution >= 0.6 is 0 Å². The quantitative estimate of drug-likeness (QED) is 0.716. The molecule has 4 heteroatoms. The number of carboxylic acid groups (broad SMARTS) is 1. The molecular weight excluding hydrogens is 172 g/mol. The van der Waals surface area contributed by atoms with Crippen molar-refractivity contribution >= 4 is 5.97 Å². The third-order valence-corrected chi connectivity index (χ3v) is 2.12. The van der Waals surface area contributed by atoms with Crippen molar-refractivity contribution in [3.8, 4) is 0 Å². The van der Waals surface area contributed by atoms with Crippen molar-refractivity contribution in [3.63, 3.8) is 0 Å². The third kappa shape index (κ3) is 3.32. The van der Waals surface area contributed by atoms with Gasteiger partial charge in [0, 0.05) is 6.61 Å². The zero-order chi connectivity index (χ0) is 9.68. The van der Waals surface area contributed by atoms with Crippen LogP contribution in [0.1, 0.15) is 26.2 Å². The summed E-state index contributed by atoms with van der Waals surface area (Å²) in [6.45, 7) is 3.11. The zero-order valence-corrected chi connectivity index (χ0v) is 7.86. The second kappa shape index (κ2) is 5.19. The number of carbonyl (C=O) groups is 1. The molecule has 0 amide bonds. The molecule has 1 heterocycles. The Hall–Kier alpha value is -0.610. The van der Waals surface area contributed by atoms with E-state index in [1.54, 1.807) is 0 Å². The van der Waals surface area contributed by atoms with Gasteiger partial charge in [-0.3, -0.25) is 0 Å². The molecule has 1 aliphatic heterocycles. The number of hydrogen-bond acceptors (Lipinski definition) is 3. The first-order valence-electron chi connectivity index (χ1n) is 4.70. The van der Waals surface area contributed by atoms with E-state index in [0.29, 0.717) is 13.0 Å². The van der Waals surface area contributed by atoms with Gasteiger partial charge in [-0.2, -0.15) is 0 Å². The van der Waals surface area contributed by atoms with Crippen molar-refractivity contribution in [2.75, 3.05) is 13.2 Å². The first-order chi connectivity index (χ1) is 6.24. The van der Waals surface area contributed by atoms with E-state index in [0.717, 1.165) is 19.4 Å². The lowest BCUT2D eigenvalue weighted by Gasteiger charge is -2.25. The third-order valence-electron chi connectivity index (χ3n) is 2.12. The fourth-order valence-electron chi connectivity index (χ4n) is 1.38. The molecule has 1 fully saturated rings. The average molecular weight is 188 g/mol. The Bertz CT molecular complexity index is 163. The van der Waals surface area contributed by atoms with E-state index in [2.05, 4.69) is 0 Å². The predicted octanol–water partition coefficient (Wildman–Crippen LogP) is 1.05. The highest BCUT2D eigenvalue weighted by atomic mass is 16.6. The van der Waals surface area contributed by atoms with Crippen LogP contribution in [0.25, 0.3) is 0 Å². The highest BCUT2D eigenvalue weighted by molar-refractivity contribution is 5.72. The number of carboxylic acids is 1. The second-order valence-corrected chi connectivity index (χ2v) is 3.21. The standard InChI is InChI=1S/C9H16O4/c1-2-8(9(10)11)13-7-4-3-5-12-6-7/h7-8H,2-6H2,1H3,(H,10,11). The minimum Gasteiger partial charge on any atom is -0.479 e. The summed E-state index contributed by atoms with van der Waals surface area (Å²) in [5.74, 6) is -0.881. The van der Waals surface area contributed by atoms with E-state index in [9.17, 15) is 4.79 Å². The fraction of sp³-hybridized carbons (Fsp3) is 0.889. The Kier molecular flexibility index (Phi) is 4.18. The molecule has 0 aromatic heterocycles. The predicted molar refractivity (Wildman–Crippen MR) is 46.6 cm³/mol. The molecule has 2 atom stereocenters. The van der Waals surface area contributed by atoms with Crippen molar-refractivity contribution in [1.29, 1.82) is 0 Å². The van der Waals surface area contributed by atoms with Crippen LogP contribution in [0.5, 0.6) is 0 Å². The van der Waals surface area contributed by atoms with Crippen molar-refractivity contribution in [3.05, 3.63) is 0 Å². The maximum atomic E-state index is 10.6. The molecule has 1 rings (SSSR count). The smallest absolute Gasteiger partial charge is 0.332 e. The molecule has 0 bridgehead atoms. The topological polar surface area (TPSA) is 55.8 Å². The van der Waals surface area contributed by atoms with Crippen molar-refractivity contribution < 1.29 is 19.4 Å². The van der Waals surface area contributed by atoms with Gasteiger partial charge >= 0.3 is 5.97 Å². The Labute approximate surface area is 77.8 Å². The van der Waals surface area contributed by atoms with Crippen LogP contribution in [0.15, 0.2) is 0 Å². The highest BCUT2D eigenvalue weighted by Gasteiger charge is 2.22. The molecule has 0 saturated carbocycles. The van der Waals surface area contributed by atoms with E-state index < -0.39 is 12.1 Å². The normalized spacial score (nSPS) is 25.5. The number of ether oxygens (including phenoxy) is 2. The molecule has 1 saturated heterocycles. The van der Waals surface area contributed by atoms with Gasteiger partial charge < -0.3 is 14.6 Å². The summed E-state index contributed by atoms with van der Waals surface area (Å²) in [6, 6.07) is 0. The molecule has 0 spiro atoms. The van der Waals surface area contributed by atoms with Crippen LogP contribution in [0, 0.1) is 0 Å². The summed E-state index contributed by atoms with van der Waals surface area (Å²) < 4.78 is 10.6. The molecule has 1 aliphatic rings. The Morgan fingerprint density at radius 1 is 1.77 bits per heavy atom. The Morgan fingerprint density at radius 2 is 2.54 bits per heavy atom. The van der Waals surface area contributed by atoms with Crippen LogP contribution in [0.2, 0.25) is 0 Å². The first kappa shape index (κ1) is 10.5. The van der Waals surface area contributed by atoms with E-state index in [1.807, 2.05) is 6.92 Å². The average Bonchev–Trinajstić information content (AvgIpc) is 2.15. The van der Waals surface area contributed by atoms with E-state index >= 15 is 0 Å². The van der Waals surface area contributed by atoms with Gasteiger partial charge in [-0.1, -0.05) is 6.92 Å². The van der Waals surface area contributed by atoms with Crippen molar-refractivity contribution in [1.82, 2.24) is 0 Å². The second-order valence-electron chi connectivity index (χ2n) is 3.21. The molecule has 76 valence electrons. The molecule has 0 aromatic rings. The summed E-state index contributed by atoms with van der Waals surface area (Å²) in [5, 5.41) is 8.74. The Morgan fingerprint density at radius 3 is 3.00 bits per heavy atom. The summed E-state index contributed by atoms with van der Waals surface area (Å²) in [5.41, 5.74) is 0. The monoisotopic (exact) mass is 188 g/mol. The molecular formula is C9H16O4. The molecule has 2 unspecified atom stereocenters. The van der Waals surface area contributed by atoms with Gasteiger partial charge in [0.25, 0.3) is 0 Å². The van der Waals surface area contributed by atoms with Gasteiger partial charge in [-0.05, 0) is 19.3 Å². The van der Waals surface area contributed by atoms with Crippen LogP contribution in [-0.2, 0) is 14.3 Å². The summed E-state index contributed by atoms with van der Waals surface area (Å²) in [6.07, 6.45) is 1.66. The van der Waals surface area contributed by atoms with Crippen molar-refractivity contribution in [2.24, 2.45) is 0 Å². The van der Waals surface area contributed by atoms with Crippen LogP contribution in [-0.4, -0.2) is 36.5 Å². The maximum Gasteiger partial charge on any atom is 0.332 e. The summed E-state index contributed by atoms with van der Waals surface area (Å²) >= 11 is 0. The number of rotatable bonds is 4. The molecule has 0 aliphatic carbocycles. The van der Waals surface area contributed by atoms with Crippen LogP contribution in [0.4, 0.5) is 0 Å². The van der Waals surface area contributed by atoms with Crippen molar-refractivity contribution in [2.45, 2.75) is 38.4 Å². The molecule has 1 N–H and O–H groups in total. The Balaban J connectivity index is 2.31. The van der Waals surface area contributed by atoms with E-state index in [4.69, 9.17) is 14.6 Å². The molecule has 4 nitrogen and oxygen atoms in total. The van der Waals surface area contributed by atoms with E-state index in [1.165, 1.54) is 0 Å². The number of aliphatic carboxylic acids is 1. The number of hydrogen-bond donors (Lipinski definition) is 1. The van der Waals surface area contributed by atoms with Crippen LogP contribution < -0.4 is 0 Å². The molecule has 0 radical (unpaired) electrons. The molecule has 13 heavy (non-hydrogen) atoms. The SMILES string of the molecule is CCC(OC1CCCOC1)C(=O)O. The van der Waals surface area contributed by atoms with Gasteiger partial charge in [0.05, 0.1) is 12.7 Å². The zero-order valence-electron chi connectivity index (χ0n) is 7.86. The lowest BCUT2D eigenvalue weighted by Crippen LogP contribution is -2.33. The minimum atomic E-state index is -0.881. The van der Waals surface area contributed by atoms with E-state index in [-0.39, 0.29) is 6.10 Å². The van der Waals surface area contributed by atoms with Gasteiger partial charge in [-0.25, -0.2) is 4.79 Å². The van der Waals surface area contributed by atoms with Gasteiger partial charge in [0.2, 0.25) is 0 Å². The van der Waals surface area contributed by atoms with Crippen LogP contribution in [0.3, 0.4) is 0 Å². The summed E-state index contributed by atoms with van der Waals surface area (Å²) in [7, 11) is 0. The van der Waals surface area contributed by atoms with Gasteiger partial charge in [-0.15, -0.1) is 0 Å². The largest absolute Gasteiger partial charge is 0.479 e. The van der Waals surface area contributed by atoms with Gasteiger partial charge in [0.1, 0.15) is 0 Å². The lowest BCUT2D eigenvalue weighted by atomic mass is 10.1. The minimum absolute atomic E-state index is 0.0326. The highest BCUT2D eigenvalue weighted by Crippen LogP contribution is 2.13. The molecule has 0 aromatic carbocycles. The first-order valence-corrected chi connectivity index (χ1v) is 4.70. The fourth-order valence-corrected chi connectivity index (χ4v) is 1.38. The lowest BCUT2D eigenvalue weighted by molar-refractivity contribution is -0.159.